The first-order valence-electron chi connectivity index (χ1n) is 8.86. The zero-order valence-electron chi connectivity index (χ0n) is 15.1. The molecule has 1 saturated heterocycles. The summed E-state index contributed by atoms with van der Waals surface area (Å²) in [4.78, 5) is 27.4. The summed E-state index contributed by atoms with van der Waals surface area (Å²) in [5, 5.41) is 12.3. The van der Waals surface area contributed by atoms with E-state index < -0.39 is 0 Å². The van der Waals surface area contributed by atoms with Crippen LogP contribution in [0, 0.1) is 12.8 Å². The molecule has 1 amide bonds. The number of amides is 1. The van der Waals surface area contributed by atoms with Gasteiger partial charge in [0, 0.05) is 18.7 Å². The third kappa shape index (κ3) is 4.25. The molecule has 1 fully saturated rings. The van der Waals surface area contributed by atoms with E-state index in [0.29, 0.717) is 25.5 Å². The molecule has 1 aromatic carbocycles. The van der Waals surface area contributed by atoms with Gasteiger partial charge in [0.2, 0.25) is 11.7 Å². The molecule has 1 aliphatic heterocycles. The van der Waals surface area contributed by atoms with Crippen molar-refractivity contribution in [2.24, 2.45) is 5.92 Å². The van der Waals surface area contributed by atoms with Gasteiger partial charge < -0.3 is 9.64 Å². The van der Waals surface area contributed by atoms with E-state index in [-0.39, 0.29) is 24.3 Å². The third-order valence-corrected chi connectivity index (χ3v) is 4.43. The van der Waals surface area contributed by atoms with Gasteiger partial charge in [0.25, 0.3) is 0 Å². The Labute approximate surface area is 152 Å². The van der Waals surface area contributed by atoms with Crippen molar-refractivity contribution in [3.8, 4) is 11.4 Å². The van der Waals surface area contributed by atoms with Crippen LogP contribution in [0.5, 0.6) is 0 Å². The lowest BCUT2D eigenvalue weighted by molar-refractivity contribution is -0.151. The van der Waals surface area contributed by atoms with Crippen molar-refractivity contribution in [3.63, 3.8) is 0 Å². The quantitative estimate of drug-likeness (QED) is 0.753. The number of aromatic nitrogens is 4. The van der Waals surface area contributed by atoms with Gasteiger partial charge in [0.1, 0.15) is 6.54 Å². The number of hydrogen-bond acceptors (Lipinski definition) is 6. The van der Waals surface area contributed by atoms with Crippen molar-refractivity contribution < 1.29 is 14.3 Å². The van der Waals surface area contributed by atoms with Gasteiger partial charge in [-0.15, -0.1) is 10.2 Å². The molecule has 0 spiro atoms. The van der Waals surface area contributed by atoms with Gasteiger partial charge in [-0.2, -0.15) is 4.80 Å². The summed E-state index contributed by atoms with van der Waals surface area (Å²) in [6.07, 6.45) is 1.54. The Balaban J connectivity index is 1.61. The molecule has 2 aromatic rings. The average Bonchev–Trinajstić information content (AvgIpc) is 3.11. The second kappa shape index (κ2) is 8.07. The topological polar surface area (TPSA) is 90.2 Å². The van der Waals surface area contributed by atoms with Crippen LogP contribution in [0.1, 0.15) is 25.3 Å². The molecule has 3 rings (SSSR count). The summed E-state index contributed by atoms with van der Waals surface area (Å²) >= 11 is 0. The van der Waals surface area contributed by atoms with Gasteiger partial charge in [0.05, 0.1) is 12.5 Å². The SMILES string of the molecule is CCOC(=O)C1CCCN(C(=O)Cn2nnc(-c3ccc(C)cc3)n2)C1. The Kier molecular flexibility index (Phi) is 5.60. The highest BCUT2D eigenvalue weighted by molar-refractivity contribution is 5.78. The molecule has 1 atom stereocenters. The maximum absolute atomic E-state index is 12.5. The van der Waals surface area contributed by atoms with Crippen molar-refractivity contribution in [1.29, 1.82) is 0 Å². The largest absolute Gasteiger partial charge is 0.466 e. The minimum atomic E-state index is -0.250. The van der Waals surface area contributed by atoms with E-state index in [2.05, 4.69) is 15.4 Å². The first-order chi connectivity index (χ1) is 12.6. The molecule has 1 aromatic heterocycles. The smallest absolute Gasteiger partial charge is 0.310 e. The fraction of sp³-hybridized carbons (Fsp3) is 0.500. The molecular formula is C18H23N5O3. The second-order valence-electron chi connectivity index (χ2n) is 6.44. The highest BCUT2D eigenvalue weighted by atomic mass is 16.5. The zero-order chi connectivity index (χ0) is 18.5. The van der Waals surface area contributed by atoms with Crippen molar-refractivity contribution in [1.82, 2.24) is 25.1 Å². The maximum atomic E-state index is 12.5. The van der Waals surface area contributed by atoms with Crippen molar-refractivity contribution >= 4 is 11.9 Å². The van der Waals surface area contributed by atoms with Crippen LogP contribution in [0.15, 0.2) is 24.3 Å². The fourth-order valence-electron chi connectivity index (χ4n) is 3.01. The lowest BCUT2D eigenvalue weighted by atomic mass is 9.98. The van der Waals surface area contributed by atoms with Crippen LogP contribution in [0.3, 0.4) is 0 Å². The van der Waals surface area contributed by atoms with E-state index in [1.165, 1.54) is 4.80 Å². The number of ether oxygens (including phenoxy) is 1. The number of hydrogen-bond donors (Lipinski definition) is 0. The number of piperidine rings is 1. The molecular weight excluding hydrogens is 334 g/mol. The monoisotopic (exact) mass is 357 g/mol. The molecule has 8 nitrogen and oxygen atoms in total. The first-order valence-corrected chi connectivity index (χ1v) is 8.86. The number of carbonyl (C=O) groups excluding carboxylic acids is 2. The summed E-state index contributed by atoms with van der Waals surface area (Å²) in [5.74, 6) is -0.113. The molecule has 0 radical (unpaired) electrons. The number of carbonyl (C=O) groups is 2. The highest BCUT2D eigenvalue weighted by Gasteiger charge is 2.29. The van der Waals surface area contributed by atoms with E-state index >= 15 is 0 Å². The summed E-state index contributed by atoms with van der Waals surface area (Å²) in [5.41, 5.74) is 2.01. The van der Waals surface area contributed by atoms with Crippen LogP contribution >= 0.6 is 0 Å². The Morgan fingerprint density at radius 1 is 1.27 bits per heavy atom. The number of benzene rings is 1. The zero-order valence-corrected chi connectivity index (χ0v) is 15.1. The van der Waals surface area contributed by atoms with Crippen LogP contribution in [-0.2, 0) is 20.9 Å². The molecule has 26 heavy (non-hydrogen) atoms. The van der Waals surface area contributed by atoms with Crippen molar-refractivity contribution in [2.75, 3.05) is 19.7 Å². The predicted octanol–water partition coefficient (Wildman–Crippen LogP) is 1.45. The van der Waals surface area contributed by atoms with Gasteiger partial charge in [-0.25, -0.2) is 0 Å². The molecule has 0 N–H and O–H groups in total. The molecule has 8 heteroatoms. The first kappa shape index (κ1) is 18.0. The normalized spacial score (nSPS) is 17.2. The summed E-state index contributed by atoms with van der Waals surface area (Å²) in [6, 6.07) is 7.80. The minimum Gasteiger partial charge on any atom is -0.466 e. The van der Waals surface area contributed by atoms with E-state index in [1.807, 2.05) is 31.2 Å². The number of rotatable bonds is 5. The van der Waals surface area contributed by atoms with Crippen molar-refractivity contribution in [2.45, 2.75) is 33.2 Å². The Morgan fingerprint density at radius 3 is 2.77 bits per heavy atom. The second-order valence-corrected chi connectivity index (χ2v) is 6.44. The molecule has 0 aliphatic carbocycles. The Bertz CT molecular complexity index is 771. The third-order valence-electron chi connectivity index (χ3n) is 4.43. The summed E-state index contributed by atoms with van der Waals surface area (Å²) in [7, 11) is 0. The standard InChI is InChI=1S/C18H23N5O3/c1-3-26-18(25)15-5-4-10-22(11-15)16(24)12-23-20-17(19-21-23)14-8-6-13(2)7-9-14/h6-9,15H,3-5,10-12H2,1-2H3. The lowest BCUT2D eigenvalue weighted by Gasteiger charge is -2.31. The number of nitrogens with zero attached hydrogens (tertiary/aromatic N) is 5. The van der Waals surface area contributed by atoms with Crippen LogP contribution in [0.2, 0.25) is 0 Å². The number of tetrazole rings is 1. The van der Waals surface area contributed by atoms with Gasteiger partial charge in [-0.3, -0.25) is 9.59 Å². The minimum absolute atomic E-state index is 0.00834. The van der Waals surface area contributed by atoms with Crippen LogP contribution in [0.4, 0.5) is 0 Å². The molecule has 138 valence electrons. The van der Waals surface area contributed by atoms with E-state index in [0.717, 1.165) is 24.0 Å². The van der Waals surface area contributed by atoms with Crippen LogP contribution in [0.25, 0.3) is 11.4 Å². The molecule has 1 unspecified atom stereocenters. The average molecular weight is 357 g/mol. The molecule has 0 saturated carbocycles. The van der Waals surface area contributed by atoms with Crippen LogP contribution < -0.4 is 0 Å². The van der Waals surface area contributed by atoms with Crippen LogP contribution in [-0.4, -0.2) is 56.7 Å². The van der Waals surface area contributed by atoms with E-state index in [4.69, 9.17) is 4.74 Å². The molecule has 1 aliphatic rings. The fourth-order valence-corrected chi connectivity index (χ4v) is 3.01. The highest BCUT2D eigenvalue weighted by Crippen LogP contribution is 2.18. The van der Waals surface area contributed by atoms with Gasteiger partial charge in [-0.1, -0.05) is 29.8 Å². The van der Waals surface area contributed by atoms with Gasteiger partial charge >= 0.3 is 5.97 Å². The number of likely N-dealkylation sites (tertiary alicyclic amines) is 1. The lowest BCUT2D eigenvalue weighted by Crippen LogP contribution is -2.44. The number of aryl methyl sites for hydroxylation is 1. The summed E-state index contributed by atoms with van der Waals surface area (Å²) in [6.45, 7) is 5.17. The van der Waals surface area contributed by atoms with Crippen molar-refractivity contribution in [3.05, 3.63) is 29.8 Å². The Hall–Kier alpha value is -2.77. The molecule has 2 heterocycles. The van der Waals surface area contributed by atoms with Gasteiger partial charge in [0.15, 0.2) is 0 Å². The van der Waals surface area contributed by atoms with E-state index in [9.17, 15) is 9.59 Å². The molecule has 0 bridgehead atoms. The maximum Gasteiger partial charge on any atom is 0.310 e. The number of esters is 1. The summed E-state index contributed by atoms with van der Waals surface area (Å²) < 4.78 is 5.07. The van der Waals surface area contributed by atoms with Gasteiger partial charge in [-0.05, 0) is 31.9 Å². The predicted molar refractivity (Wildman–Crippen MR) is 93.9 cm³/mol. The van der Waals surface area contributed by atoms with E-state index in [1.54, 1.807) is 11.8 Å². The Morgan fingerprint density at radius 2 is 2.04 bits per heavy atom.